The number of methoxy groups -OCH3 is 1. The summed E-state index contributed by atoms with van der Waals surface area (Å²) in [6.07, 6.45) is -32.3. The second-order valence-electron chi connectivity index (χ2n) is 25.4. The Morgan fingerprint density at radius 1 is 0.589 bits per heavy atom. The predicted octanol–water partition coefficient (Wildman–Crippen LogP) is 1.02. The van der Waals surface area contributed by atoms with Crippen LogP contribution >= 0.6 is 0 Å². The van der Waals surface area contributed by atoms with Crippen molar-refractivity contribution < 1.29 is 137 Å². The average Bonchev–Trinajstić information content (AvgIpc) is 0.743. The summed E-state index contributed by atoms with van der Waals surface area (Å²) in [4.78, 5) is 42.0. The molecule has 2 aromatic carbocycles. The van der Waals surface area contributed by atoms with Gasteiger partial charge in [-0.3, -0.25) is 14.4 Å². The van der Waals surface area contributed by atoms with Crippen molar-refractivity contribution in [2.24, 2.45) is 5.92 Å². The molecule has 0 spiro atoms. The summed E-state index contributed by atoms with van der Waals surface area (Å²) in [5.74, 6) is -5.16. The zero-order chi connectivity index (χ0) is 65.6. The van der Waals surface area contributed by atoms with E-state index in [0.717, 1.165) is 0 Å². The Labute approximate surface area is 521 Å². The minimum atomic E-state index is -1.98. The maximum absolute atomic E-state index is 15.4. The van der Waals surface area contributed by atoms with Crippen LogP contribution in [0.1, 0.15) is 142 Å². The molecule has 28 heteroatoms. The number of carbonyl (C=O) groups is 3. The van der Waals surface area contributed by atoms with Crippen molar-refractivity contribution in [1.29, 1.82) is 0 Å². The van der Waals surface area contributed by atoms with E-state index in [2.05, 4.69) is 0 Å². The van der Waals surface area contributed by atoms with Crippen molar-refractivity contribution in [3.8, 4) is 17.2 Å². The number of phenolic OH excluding ortho intramolecular Hbond substituents is 2. The van der Waals surface area contributed by atoms with Gasteiger partial charge in [0.15, 0.2) is 49.1 Å². The maximum Gasteiger partial charge on any atom is 0.303 e. The standard InChI is InChI=1S/C62H92O28/c1-12-22(2)47-36(85-43-18-37(53(70)26(6)80-43)86-41-16-34(65)51(68)24(4)78-41)15-32-13-31-14-33(61(77-11)59(76)50(67)23(3)63)62(58(75)49(31)57(74)48(32)56(47)73)90-46-20-39(55(72)28(8)82-46)88-45-21-40(60(29(9)83-45)84-30(10)64)89-44-19-38(54(71)27(7)81-44)87-42-17-35(66)52(69)25(5)79-42/h13,15,22-29,33-35,37-46,50-55,60-63,65-74H,12,14,16-21H2,1-11H3/t22-,23-,24+,25+,26+,27+,28+,29+,33+,34+,35+,37+,38+,39+,40+,41-,42-,43-,44-,45-,46-,50+,51+,52+,53+,54+,55+,60-,61+,62-/m0/s1. The zero-order valence-corrected chi connectivity index (χ0v) is 52.5. The van der Waals surface area contributed by atoms with Gasteiger partial charge in [-0.1, -0.05) is 13.8 Å². The molecular weight excluding hydrogens is 1190 g/mol. The van der Waals surface area contributed by atoms with E-state index < -0.39 is 213 Å². The van der Waals surface area contributed by atoms with E-state index in [0.29, 0.717) is 6.42 Å². The molecule has 0 bridgehead atoms. The molecule has 9 rings (SSSR count). The van der Waals surface area contributed by atoms with Crippen molar-refractivity contribution >= 4 is 28.3 Å². The van der Waals surface area contributed by atoms with Gasteiger partial charge >= 0.3 is 5.97 Å². The van der Waals surface area contributed by atoms with Gasteiger partial charge in [0.05, 0.1) is 84.2 Å². The molecule has 90 heavy (non-hydrogen) atoms. The van der Waals surface area contributed by atoms with Gasteiger partial charge in [0.2, 0.25) is 6.29 Å². The van der Waals surface area contributed by atoms with Gasteiger partial charge in [-0.2, -0.15) is 0 Å². The molecule has 6 saturated heterocycles. The predicted molar refractivity (Wildman–Crippen MR) is 307 cm³/mol. The molecular formula is C62H92O28. The van der Waals surface area contributed by atoms with Crippen molar-refractivity contribution in [3.63, 3.8) is 0 Å². The first-order valence-corrected chi connectivity index (χ1v) is 31.3. The van der Waals surface area contributed by atoms with Gasteiger partial charge in [-0.25, -0.2) is 0 Å². The second-order valence-corrected chi connectivity index (χ2v) is 25.4. The summed E-state index contributed by atoms with van der Waals surface area (Å²) in [5.41, 5.74) is 0.150. The van der Waals surface area contributed by atoms with Gasteiger partial charge in [0, 0.05) is 64.0 Å². The van der Waals surface area contributed by atoms with Gasteiger partial charge in [-0.15, -0.1) is 0 Å². The third kappa shape index (κ3) is 15.1. The lowest BCUT2D eigenvalue weighted by Gasteiger charge is -2.46. The topological polar surface area (TPSA) is 403 Å². The molecule has 6 aliphatic heterocycles. The number of phenols is 2. The average molecular weight is 1290 g/mol. The number of carbonyl (C=O) groups excluding carboxylic acids is 3. The van der Waals surface area contributed by atoms with Crippen LogP contribution in [0.2, 0.25) is 0 Å². The van der Waals surface area contributed by atoms with E-state index in [4.69, 9.17) is 66.3 Å². The number of benzene rings is 2. The molecule has 0 saturated carbocycles. The minimum absolute atomic E-state index is 0.0413. The van der Waals surface area contributed by atoms with Gasteiger partial charge in [-0.05, 0) is 90.3 Å². The van der Waals surface area contributed by atoms with Crippen LogP contribution in [0.25, 0.3) is 10.8 Å². The largest absolute Gasteiger partial charge is 0.507 e. The Balaban J connectivity index is 0.972. The highest BCUT2D eigenvalue weighted by molar-refractivity contribution is 6.11. The summed E-state index contributed by atoms with van der Waals surface area (Å²) in [7, 11) is 1.18. The van der Waals surface area contributed by atoms with Crippen molar-refractivity contribution in [1.82, 2.24) is 0 Å². The summed E-state index contributed by atoms with van der Waals surface area (Å²) in [6.45, 7) is 15.7. The molecule has 6 fully saturated rings. The van der Waals surface area contributed by atoms with Crippen LogP contribution in [0.15, 0.2) is 12.1 Å². The smallest absolute Gasteiger partial charge is 0.303 e. The van der Waals surface area contributed by atoms with E-state index in [1.54, 1.807) is 40.7 Å². The lowest BCUT2D eigenvalue weighted by Crippen LogP contribution is -2.57. The Morgan fingerprint density at radius 3 is 1.49 bits per heavy atom. The van der Waals surface area contributed by atoms with Crippen molar-refractivity contribution in [2.75, 3.05) is 7.11 Å². The number of esters is 1. The fourth-order valence-corrected chi connectivity index (χ4v) is 13.4. The number of aromatic hydroxyl groups is 2. The first kappa shape index (κ1) is 70.4. The molecule has 2 aromatic rings. The number of aliphatic hydroxyl groups is 9. The third-order valence-corrected chi connectivity index (χ3v) is 18.7. The lowest BCUT2D eigenvalue weighted by atomic mass is 9.74. The molecule has 1 aliphatic carbocycles. The van der Waals surface area contributed by atoms with Crippen LogP contribution in [-0.4, -0.2) is 253 Å². The molecule has 28 nitrogen and oxygen atoms in total. The summed E-state index contributed by atoms with van der Waals surface area (Å²) < 4.78 is 86.0. The second kappa shape index (κ2) is 29.4. The number of fused-ring (bicyclic) bond motifs is 2. The Hall–Kier alpha value is -3.93. The van der Waals surface area contributed by atoms with E-state index in [1.807, 2.05) is 13.8 Å². The van der Waals surface area contributed by atoms with Crippen LogP contribution in [0.4, 0.5) is 0 Å². The molecule has 0 amide bonds. The fourth-order valence-electron chi connectivity index (χ4n) is 13.4. The highest BCUT2D eigenvalue weighted by Gasteiger charge is 2.52. The van der Waals surface area contributed by atoms with Crippen molar-refractivity contribution in [2.45, 2.75) is 299 Å². The first-order chi connectivity index (χ1) is 42.5. The molecule has 0 radical (unpaired) electrons. The number of hydrogen-bond donors (Lipinski definition) is 11. The van der Waals surface area contributed by atoms with E-state index in [1.165, 1.54) is 33.9 Å². The van der Waals surface area contributed by atoms with E-state index in [-0.39, 0.29) is 78.2 Å². The van der Waals surface area contributed by atoms with Crippen molar-refractivity contribution in [3.05, 3.63) is 28.8 Å². The van der Waals surface area contributed by atoms with Gasteiger partial charge in [0.1, 0.15) is 72.2 Å². The zero-order valence-electron chi connectivity index (χ0n) is 52.5. The molecule has 6 heterocycles. The van der Waals surface area contributed by atoms with Crippen LogP contribution < -0.4 is 4.74 Å². The third-order valence-electron chi connectivity index (χ3n) is 18.7. The number of rotatable bonds is 20. The molecule has 7 aliphatic rings. The number of aliphatic hydroxyl groups excluding tert-OH is 9. The van der Waals surface area contributed by atoms with Gasteiger partial charge in [0.25, 0.3) is 0 Å². The summed E-state index contributed by atoms with van der Waals surface area (Å²) in [6, 6.07) is 3.10. The maximum atomic E-state index is 15.4. The number of ketones is 2. The molecule has 0 aromatic heterocycles. The Kier molecular flexibility index (Phi) is 23.0. The minimum Gasteiger partial charge on any atom is -0.507 e. The number of Topliss-reactive ketones (excluding diaryl/α,β-unsaturated/α-hetero) is 2. The van der Waals surface area contributed by atoms with E-state index >= 15 is 4.79 Å². The monoisotopic (exact) mass is 1280 g/mol. The normalized spacial score (nSPS) is 41.5. The van der Waals surface area contributed by atoms with Crippen LogP contribution in [-0.2, 0) is 77.6 Å². The highest BCUT2D eigenvalue weighted by atomic mass is 16.8. The molecule has 0 unspecified atom stereocenters. The van der Waals surface area contributed by atoms with Crippen LogP contribution in [0.3, 0.4) is 0 Å². The fraction of sp³-hybridized carbons (Fsp3) is 0.790. The van der Waals surface area contributed by atoms with Crippen LogP contribution in [0, 0.1) is 5.92 Å². The quantitative estimate of drug-likeness (QED) is 0.0824. The van der Waals surface area contributed by atoms with E-state index in [9.17, 15) is 65.8 Å². The number of ether oxygens (including phenoxy) is 14. The lowest BCUT2D eigenvalue weighted by molar-refractivity contribution is -0.338. The summed E-state index contributed by atoms with van der Waals surface area (Å²) >= 11 is 0. The Bertz CT molecular complexity index is 2760. The van der Waals surface area contributed by atoms with Crippen LogP contribution in [0.5, 0.6) is 17.2 Å². The molecule has 30 atom stereocenters. The molecule has 508 valence electrons. The summed E-state index contributed by atoms with van der Waals surface area (Å²) in [5, 5.41) is 122. The van der Waals surface area contributed by atoms with Gasteiger partial charge < -0.3 is 122 Å². The SMILES string of the molecule is CC[C@H](C)c1c(O[C@H]2C[C@@H](O[C@H]3C[C@@H](O)[C@H](O)[C@@H](C)O3)[C@H](O)[C@@H](C)O2)cc2cc3c(c(O)c2c1O)C(=O)[C@@H](O[C@H]1C[C@@H](O[C@H]2C[C@@H](O[C@H]4C[C@@H](O[C@H]5C[C@@H](O)[C@H](O)[C@@H](C)O5)[C@H](O)[C@@H](C)O4)[C@@H](OC(C)=O)[C@@H](C)O2)[C@H](O)[C@@H](C)O1)[C@@H]([C@@H](OC)C(=O)[C@H](O)[C@H](C)O)C3. The molecule has 11 N–H and O–H groups in total. The Morgan fingerprint density at radius 2 is 1.02 bits per heavy atom. The number of hydrogen-bond acceptors (Lipinski definition) is 28. The first-order valence-electron chi connectivity index (χ1n) is 31.3. The highest BCUT2D eigenvalue weighted by Crippen LogP contribution is 2.50.